The monoisotopic (exact) mass is 397 g/mol. The van der Waals surface area contributed by atoms with Crippen LogP contribution < -0.4 is 5.32 Å². The molecule has 4 rings (SSSR count). The number of aryl methyl sites for hydroxylation is 1. The molecule has 1 aliphatic heterocycles. The Balaban J connectivity index is 1.40. The van der Waals surface area contributed by atoms with Crippen molar-refractivity contribution in [1.29, 1.82) is 0 Å². The van der Waals surface area contributed by atoms with Crippen molar-refractivity contribution in [3.63, 3.8) is 0 Å². The van der Waals surface area contributed by atoms with Gasteiger partial charge in [0.2, 0.25) is 5.91 Å². The first-order chi connectivity index (χ1) is 13.0. The summed E-state index contributed by atoms with van der Waals surface area (Å²) in [5, 5.41) is 5.70. The number of hydrogen-bond donors (Lipinski definition) is 1. The van der Waals surface area contributed by atoms with Crippen LogP contribution in [0.25, 0.3) is 9.88 Å². The highest BCUT2D eigenvalue weighted by Gasteiger charge is 2.36. The molecule has 136 valence electrons. The van der Waals surface area contributed by atoms with E-state index >= 15 is 0 Å². The van der Waals surface area contributed by atoms with Crippen LogP contribution in [0.3, 0.4) is 0 Å². The zero-order valence-electron chi connectivity index (χ0n) is 14.4. The van der Waals surface area contributed by atoms with Gasteiger partial charge >= 0.3 is 0 Å². The maximum Gasteiger partial charge on any atom is 0.262 e. The van der Waals surface area contributed by atoms with E-state index in [4.69, 9.17) is 0 Å². The first kappa shape index (κ1) is 17.6. The SMILES string of the molecule is Cc1nc(-c2cccs2)sc1CNC(=O)CN1C(=O)c2ccccc2C1=O. The van der Waals surface area contributed by atoms with E-state index in [1.807, 2.05) is 24.4 Å². The topological polar surface area (TPSA) is 79.4 Å². The second-order valence-electron chi connectivity index (χ2n) is 6.02. The third-order valence-electron chi connectivity index (χ3n) is 4.25. The molecule has 0 unspecified atom stereocenters. The van der Waals surface area contributed by atoms with Crippen LogP contribution in [-0.4, -0.2) is 34.2 Å². The lowest BCUT2D eigenvalue weighted by molar-refractivity contribution is -0.121. The Morgan fingerprint density at radius 1 is 1.11 bits per heavy atom. The summed E-state index contributed by atoms with van der Waals surface area (Å²) < 4.78 is 0. The molecule has 0 saturated carbocycles. The van der Waals surface area contributed by atoms with Gasteiger partial charge in [-0.2, -0.15) is 0 Å². The molecule has 27 heavy (non-hydrogen) atoms. The summed E-state index contributed by atoms with van der Waals surface area (Å²) in [6.45, 7) is 1.93. The van der Waals surface area contributed by atoms with Crippen molar-refractivity contribution in [2.45, 2.75) is 13.5 Å². The molecular formula is C19H15N3O3S2. The fraction of sp³-hybridized carbons (Fsp3) is 0.158. The number of thiazole rings is 1. The minimum Gasteiger partial charge on any atom is -0.350 e. The fourth-order valence-electron chi connectivity index (χ4n) is 2.86. The number of fused-ring (bicyclic) bond motifs is 1. The van der Waals surface area contributed by atoms with E-state index in [1.165, 1.54) is 11.3 Å². The van der Waals surface area contributed by atoms with E-state index in [2.05, 4.69) is 10.3 Å². The molecule has 0 atom stereocenters. The fourth-order valence-corrected chi connectivity index (χ4v) is 4.66. The van der Waals surface area contributed by atoms with Crippen molar-refractivity contribution in [2.24, 2.45) is 0 Å². The molecule has 1 N–H and O–H groups in total. The Bertz CT molecular complexity index is 1010. The average Bonchev–Trinajstić information content (AvgIpc) is 3.37. The highest BCUT2D eigenvalue weighted by atomic mass is 32.1. The highest BCUT2D eigenvalue weighted by Crippen LogP contribution is 2.31. The van der Waals surface area contributed by atoms with Crippen molar-refractivity contribution in [2.75, 3.05) is 6.54 Å². The number of hydrogen-bond acceptors (Lipinski definition) is 6. The maximum absolute atomic E-state index is 12.3. The number of carbonyl (C=O) groups is 3. The molecule has 0 radical (unpaired) electrons. The molecule has 8 heteroatoms. The van der Waals surface area contributed by atoms with Crippen LogP contribution in [0.5, 0.6) is 0 Å². The first-order valence-corrected chi connectivity index (χ1v) is 9.96. The summed E-state index contributed by atoms with van der Waals surface area (Å²) in [5.41, 5.74) is 1.55. The third-order valence-corrected chi connectivity index (χ3v) is 6.45. The summed E-state index contributed by atoms with van der Waals surface area (Å²) >= 11 is 3.15. The number of nitrogens with zero attached hydrogens (tertiary/aromatic N) is 2. The van der Waals surface area contributed by atoms with Gasteiger partial charge in [-0.1, -0.05) is 18.2 Å². The maximum atomic E-state index is 12.3. The van der Waals surface area contributed by atoms with Crippen molar-refractivity contribution in [3.05, 3.63) is 63.5 Å². The van der Waals surface area contributed by atoms with E-state index in [0.717, 1.165) is 25.4 Å². The predicted octanol–water partition coefficient (Wildman–Crippen LogP) is 3.09. The molecule has 3 aromatic rings. The Hall–Kier alpha value is -2.84. The zero-order valence-corrected chi connectivity index (χ0v) is 16.0. The standard InChI is InChI=1S/C19H15N3O3S2/c1-11-15(27-17(21-11)14-7-4-8-26-14)9-20-16(23)10-22-18(24)12-5-2-3-6-13(12)19(22)25/h2-8H,9-10H2,1H3,(H,20,23). The van der Waals surface area contributed by atoms with Gasteiger partial charge in [0.05, 0.1) is 28.2 Å². The van der Waals surface area contributed by atoms with Crippen LogP contribution in [0.4, 0.5) is 0 Å². The van der Waals surface area contributed by atoms with Gasteiger partial charge in [0.25, 0.3) is 11.8 Å². The van der Waals surface area contributed by atoms with E-state index in [0.29, 0.717) is 17.7 Å². The molecular weight excluding hydrogens is 382 g/mol. The van der Waals surface area contributed by atoms with Gasteiger partial charge in [0.15, 0.2) is 0 Å². The largest absolute Gasteiger partial charge is 0.350 e. The highest BCUT2D eigenvalue weighted by molar-refractivity contribution is 7.21. The molecule has 3 heterocycles. The second kappa shape index (κ2) is 7.05. The van der Waals surface area contributed by atoms with Crippen molar-refractivity contribution in [3.8, 4) is 9.88 Å². The number of carbonyl (C=O) groups excluding carboxylic acids is 3. The number of thiophene rings is 1. The predicted molar refractivity (Wildman–Crippen MR) is 104 cm³/mol. The van der Waals surface area contributed by atoms with Gasteiger partial charge in [-0.25, -0.2) is 4.98 Å². The first-order valence-electron chi connectivity index (χ1n) is 8.26. The number of imide groups is 1. The molecule has 0 bridgehead atoms. The molecule has 6 nitrogen and oxygen atoms in total. The van der Waals surface area contributed by atoms with E-state index in [1.54, 1.807) is 35.6 Å². The third kappa shape index (κ3) is 3.29. The van der Waals surface area contributed by atoms with Crippen molar-refractivity contribution in [1.82, 2.24) is 15.2 Å². The Morgan fingerprint density at radius 3 is 2.44 bits per heavy atom. The zero-order chi connectivity index (χ0) is 19.0. The van der Waals surface area contributed by atoms with Crippen LogP contribution in [0.15, 0.2) is 41.8 Å². The van der Waals surface area contributed by atoms with Crippen LogP contribution in [-0.2, 0) is 11.3 Å². The van der Waals surface area contributed by atoms with Crippen molar-refractivity contribution >= 4 is 40.4 Å². The van der Waals surface area contributed by atoms with E-state index < -0.39 is 11.8 Å². The summed E-state index contributed by atoms with van der Waals surface area (Å²) in [4.78, 5) is 44.5. The molecule has 1 aromatic carbocycles. The molecule has 0 aliphatic carbocycles. The number of amides is 3. The molecule has 3 amide bonds. The lowest BCUT2D eigenvalue weighted by Crippen LogP contribution is -2.40. The second-order valence-corrected chi connectivity index (χ2v) is 8.05. The summed E-state index contributed by atoms with van der Waals surface area (Å²) in [5.74, 6) is -1.24. The number of rotatable bonds is 5. The Kier molecular flexibility index (Phi) is 4.59. The minimum absolute atomic E-state index is 0.290. The summed E-state index contributed by atoms with van der Waals surface area (Å²) in [7, 11) is 0. The average molecular weight is 397 g/mol. The lowest BCUT2D eigenvalue weighted by Gasteiger charge is -2.13. The lowest BCUT2D eigenvalue weighted by atomic mass is 10.1. The van der Waals surface area contributed by atoms with Crippen molar-refractivity contribution < 1.29 is 14.4 Å². The van der Waals surface area contributed by atoms with E-state index in [9.17, 15) is 14.4 Å². The van der Waals surface area contributed by atoms with E-state index in [-0.39, 0.29) is 12.5 Å². The molecule has 0 fully saturated rings. The van der Waals surface area contributed by atoms with Gasteiger partial charge in [0, 0.05) is 4.88 Å². The molecule has 0 saturated heterocycles. The van der Waals surface area contributed by atoms with Crippen LogP contribution >= 0.6 is 22.7 Å². The normalized spacial score (nSPS) is 13.1. The van der Waals surface area contributed by atoms with Gasteiger partial charge in [-0.15, -0.1) is 22.7 Å². The molecule has 2 aromatic heterocycles. The Morgan fingerprint density at radius 2 is 1.81 bits per heavy atom. The quantitative estimate of drug-likeness (QED) is 0.671. The molecule has 0 spiro atoms. The van der Waals surface area contributed by atoms with Gasteiger partial charge in [-0.05, 0) is 30.5 Å². The minimum atomic E-state index is -0.431. The Labute approximate surface area is 163 Å². The number of benzene rings is 1. The number of nitrogens with one attached hydrogen (secondary N) is 1. The van der Waals surface area contributed by atoms with Crippen LogP contribution in [0, 0.1) is 6.92 Å². The number of aromatic nitrogens is 1. The van der Waals surface area contributed by atoms with Crippen LogP contribution in [0.2, 0.25) is 0 Å². The van der Waals surface area contributed by atoms with Gasteiger partial charge in [-0.3, -0.25) is 19.3 Å². The summed E-state index contributed by atoms with van der Waals surface area (Å²) in [6, 6.07) is 10.6. The van der Waals surface area contributed by atoms with Gasteiger partial charge in [0.1, 0.15) is 11.6 Å². The smallest absolute Gasteiger partial charge is 0.262 e. The molecule has 1 aliphatic rings. The summed E-state index contributed by atoms with van der Waals surface area (Å²) in [6.07, 6.45) is 0. The van der Waals surface area contributed by atoms with Gasteiger partial charge < -0.3 is 5.32 Å². The van der Waals surface area contributed by atoms with Crippen LogP contribution in [0.1, 0.15) is 31.3 Å².